The molecule has 0 saturated carbocycles. The molecule has 190 valence electrons. The Hall–Kier alpha value is -4.27. The summed E-state index contributed by atoms with van der Waals surface area (Å²) in [5, 5.41) is 43.4. The predicted octanol–water partition coefficient (Wildman–Crippen LogP) is -0.873. The molecule has 4 rings (SSSR count). The van der Waals surface area contributed by atoms with Crippen molar-refractivity contribution in [1.82, 2.24) is 29.7 Å². The van der Waals surface area contributed by atoms with E-state index in [-0.39, 0.29) is 23.5 Å². The molecule has 4 atom stereocenters. The number of phenols is 2. The van der Waals surface area contributed by atoms with Crippen LogP contribution in [0.25, 0.3) is 11.2 Å². The van der Waals surface area contributed by atoms with Gasteiger partial charge in [0.15, 0.2) is 29.2 Å². The van der Waals surface area contributed by atoms with Gasteiger partial charge in [-0.05, 0) is 12.1 Å². The van der Waals surface area contributed by atoms with Crippen LogP contribution in [-0.2, 0) is 4.74 Å². The van der Waals surface area contributed by atoms with Crippen LogP contribution in [0.2, 0.25) is 0 Å². The van der Waals surface area contributed by atoms with Crippen molar-refractivity contribution in [2.24, 2.45) is 0 Å². The number of aliphatic hydroxyl groups excluding tert-OH is 2. The fraction of sp³-hybridized carbons (Fsp3) is 0.318. The Kier molecular flexibility index (Phi) is 6.74. The molecule has 1 unspecified atom stereocenters. The maximum absolute atomic E-state index is 12.5. The smallest absolute Gasteiger partial charge is 0.255 e. The number of nitrogens with zero attached hydrogens (tertiary/aromatic N) is 5. The number of phenolic OH excluding ortho intramolecular Hbond substituents is 2. The van der Waals surface area contributed by atoms with E-state index < -0.39 is 47.9 Å². The number of carbonyl (C=O) groups is 2. The molecule has 3 heterocycles. The molecule has 0 radical (unpaired) electrons. The normalized spacial score (nSPS) is 21.8. The number of hydrogen-bond acceptors (Lipinski definition) is 11. The predicted molar refractivity (Wildman–Crippen MR) is 125 cm³/mol. The lowest BCUT2D eigenvalue weighted by molar-refractivity contribution is -0.0245. The van der Waals surface area contributed by atoms with Crippen molar-refractivity contribution >= 4 is 28.8 Å². The second kappa shape index (κ2) is 9.77. The Bertz CT molecular complexity index is 1340. The minimum absolute atomic E-state index is 0.0255. The van der Waals surface area contributed by atoms with Crippen molar-refractivity contribution < 1.29 is 34.8 Å². The molecule has 7 N–H and O–H groups in total. The Labute approximate surface area is 204 Å². The van der Waals surface area contributed by atoms with E-state index in [1.807, 2.05) is 0 Å². The van der Waals surface area contributed by atoms with Crippen LogP contribution in [0.5, 0.6) is 11.5 Å². The number of nitrogens with one attached hydrogen (secondary N) is 1. The first-order valence-corrected chi connectivity index (χ1v) is 10.8. The fourth-order valence-corrected chi connectivity index (χ4v) is 3.75. The van der Waals surface area contributed by atoms with Crippen LogP contribution in [0.15, 0.2) is 36.9 Å². The standard InChI is InChI=1S/C22H25N7O7/c1-28(2)21(35)10-6-11(15(31)12(30)7-10)20(34)24-5-3-4-13-16(32)17(33)22(36-13)29-9-27-14-18(23)25-8-26-19(14)29/h3-4,6-9,13,16-17,22,30-33H,5H2,1-2H3,(H,24,34)(H2,23,25,26)/b4-3+/t13-,16?,17-,22-/m1/s1. The number of benzene rings is 1. The highest BCUT2D eigenvalue weighted by atomic mass is 16.6. The van der Waals surface area contributed by atoms with Gasteiger partial charge in [0.05, 0.1) is 11.9 Å². The van der Waals surface area contributed by atoms with Crippen molar-refractivity contribution in [3.05, 3.63) is 48.1 Å². The molecule has 36 heavy (non-hydrogen) atoms. The van der Waals surface area contributed by atoms with Crippen LogP contribution in [0.3, 0.4) is 0 Å². The topological polar surface area (TPSA) is 209 Å². The third-order valence-corrected chi connectivity index (χ3v) is 5.63. The van der Waals surface area contributed by atoms with Crippen molar-refractivity contribution in [3.8, 4) is 11.5 Å². The van der Waals surface area contributed by atoms with Crippen molar-refractivity contribution in [2.45, 2.75) is 24.5 Å². The van der Waals surface area contributed by atoms with E-state index in [1.54, 1.807) is 0 Å². The number of imidazole rings is 1. The molecule has 0 aliphatic carbocycles. The number of amides is 2. The van der Waals surface area contributed by atoms with Gasteiger partial charge >= 0.3 is 0 Å². The van der Waals surface area contributed by atoms with Crippen LogP contribution in [0.4, 0.5) is 5.82 Å². The van der Waals surface area contributed by atoms with Crippen LogP contribution < -0.4 is 11.1 Å². The summed E-state index contributed by atoms with van der Waals surface area (Å²) in [4.78, 5) is 38.0. The number of aliphatic hydroxyl groups is 2. The molecule has 1 fully saturated rings. The molecule has 0 spiro atoms. The molecule has 2 aromatic heterocycles. The minimum atomic E-state index is -1.31. The summed E-state index contributed by atoms with van der Waals surface area (Å²) >= 11 is 0. The quantitative estimate of drug-likeness (QED) is 0.181. The minimum Gasteiger partial charge on any atom is -0.504 e. The zero-order valence-electron chi connectivity index (χ0n) is 19.3. The lowest BCUT2D eigenvalue weighted by Gasteiger charge is -2.16. The maximum Gasteiger partial charge on any atom is 0.255 e. The van der Waals surface area contributed by atoms with Crippen molar-refractivity contribution in [3.63, 3.8) is 0 Å². The number of ether oxygens (including phenoxy) is 1. The largest absolute Gasteiger partial charge is 0.504 e. The molecular formula is C22H25N7O7. The van der Waals surface area contributed by atoms with Gasteiger partial charge in [-0.25, -0.2) is 15.0 Å². The van der Waals surface area contributed by atoms with Gasteiger partial charge < -0.3 is 41.1 Å². The lowest BCUT2D eigenvalue weighted by atomic mass is 10.1. The third kappa shape index (κ3) is 4.51. The van der Waals surface area contributed by atoms with Crippen LogP contribution in [0, 0.1) is 0 Å². The van der Waals surface area contributed by atoms with E-state index in [2.05, 4.69) is 20.3 Å². The first kappa shape index (κ1) is 24.8. The number of hydrogen-bond donors (Lipinski definition) is 6. The Morgan fingerprint density at radius 3 is 2.67 bits per heavy atom. The SMILES string of the molecule is CN(C)C(=O)c1cc(O)c(O)c(C(=O)NC/C=C/[C@H]2O[C@@H](n3cnc4c(N)ncnc43)[C@H](O)C2O)c1. The molecule has 14 nitrogen and oxygen atoms in total. The highest BCUT2D eigenvalue weighted by Gasteiger charge is 2.43. The second-order valence-corrected chi connectivity index (χ2v) is 8.28. The summed E-state index contributed by atoms with van der Waals surface area (Å²) in [5.74, 6) is -2.31. The van der Waals surface area contributed by atoms with E-state index in [0.717, 1.165) is 6.07 Å². The molecule has 2 amide bonds. The van der Waals surface area contributed by atoms with Gasteiger partial charge in [0.2, 0.25) is 0 Å². The highest BCUT2D eigenvalue weighted by Crippen LogP contribution is 2.33. The number of nitrogens with two attached hydrogens (primary N) is 1. The summed E-state index contributed by atoms with van der Waals surface area (Å²) in [5.41, 5.74) is 6.18. The van der Waals surface area contributed by atoms with Gasteiger partial charge in [-0.15, -0.1) is 0 Å². The second-order valence-electron chi connectivity index (χ2n) is 8.28. The summed E-state index contributed by atoms with van der Waals surface area (Å²) in [7, 11) is 3.02. The molecule has 1 aliphatic rings. The zero-order valence-corrected chi connectivity index (χ0v) is 19.3. The average Bonchev–Trinajstić information content (AvgIpc) is 3.39. The van der Waals surface area contributed by atoms with Crippen LogP contribution in [0.1, 0.15) is 26.9 Å². The molecule has 1 aromatic carbocycles. The van der Waals surface area contributed by atoms with Crippen LogP contribution in [-0.4, -0.2) is 95.6 Å². The molecule has 3 aromatic rings. The number of rotatable bonds is 6. The van der Waals surface area contributed by atoms with Gasteiger partial charge in [-0.1, -0.05) is 12.2 Å². The Morgan fingerprint density at radius 2 is 1.94 bits per heavy atom. The Morgan fingerprint density at radius 1 is 1.19 bits per heavy atom. The molecule has 14 heteroatoms. The third-order valence-electron chi connectivity index (χ3n) is 5.63. The summed E-state index contributed by atoms with van der Waals surface area (Å²) in [6.45, 7) is -0.0456. The summed E-state index contributed by atoms with van der Waals surface area (Å²) in [6.07, 6.45) is 1.06. The summed E-state index contributed by atoms with van der Waals surface area (Å²) < 4.78 is 7.22. The average molecular weight is 499 g/mol. The van der Waals surface area contributed by atoms with Gasteiger partial charge in [-0.3, -0.25) is 14.2 Å². The van der Waals surface area contributed by atoms with E-state index in [0.29, 0.717) is 11.2 Å². The highest BCUT2D eigenvalue weighted by molar-refractivity contribution is 6.02. The molecule has 0 bridgehead atoms. The lowest BCUT2D eigenvalue weighted by Crippen LogP contribution is -2.31. The molecule has 1 saturated heterocycles. The fourth-order valence-electron chi connectivity index (χ4n) is 3.75. The first-order chi connectivity index (χ1) is 17.1. The van der Waals surface area contributed by atoms with Gasteiger partial charge in [0, 0.05) is 26.2 Å². The first-order valence-electron chi connectivity index (χ1n) is 10.8. The molecular weight excluding hydrogens is 474 g/mol. The zero-order chi connectivity index (χ0) is 26.1. The van der Waals surface area contributed by atoms with E-state index in [4.69, 9.17) is 10.5 Å². The monoisotopic (exact) mass is 499 g/mol. The van der Waals surface area contributed by atoms with E-state index >= 15 is 0 Å². The number of carbonyl (C=O) groups excluding carboxylic acids is 2. The van der Waals surface area contributed by atoms with Crippen molar-refractivity contribution in [1.29, 1.82) is 0 Å². The number of anilines is 1. The molecule has 1 aliphatic heterocycles. The van der Waals surface area contributed by atoms with Gasteiger partial charge in [0.1, 0.15) is 30.2 Å². The number of aromatic nitrogens is 4. The van der Waals surface area contributed by atoms with E-state index in [9.17, 15) is 30.0 Å². The van der Waals surface area contributed by atoms with Crippen molar-refractivity contribution in [2.75, 3.05) is 26.4 Å². The Balaban J connectivity index is 1.42. The number of aromatic hydroxyl groups is 2. The number of fused-ring (bicyclic) bond motifs is 1. The number of nitrogen functional groups attached to an aromatic ring is 1. The maximum atomic E-state index is 12.5. The van der Waals surface area contributed by atoms with Crippen LogP contribution >= 0.6 is 0 Å². The summed E-state index contributed by atoms with van der Waals surface area (Å²) in [6, 6.07) is 2.24. The van der Waals surface area contributed by atoms with E-state index in [1.165, 1.54) is 54.4 Å². The van der Waals surface area contributed by atoms with Gasteiger partial charge in [0.25, 0.3) is 11.8 Å². The van der Waals surface area contributed by atoms with Gasteiger partial charge in [-0.2, -0.15) is 0 Å².